The number of hydrogen-bond acceptors (Lipinski definition) is 7. The molecular formula is C17H23N5O3S2. The lowest BCUT2D eigenvalue weighted by Gasteiger charge is -2.22. The summed E-state index contributed by atoms with van der Waals surface area (Å²) in [5.74, 6) is -0.0518. The van der Waals surface area contributed by atoms with E-state index in [4.69, 9.17) is 0 Å². The van der Waals surface area contributed by atoms with Crippen molar-refractivity contribution >= 4 is 33.3 Å². The first-order chi connectivity index (χ1) is 12.8. The van der Waals surface area contributed by atoms with Gasteiger partial charge in [-0.25, -0.2) is 13.1 Å². The Kier molecular flexibility index (Phi) is 6.15. The maximum atomic E-state index is 12.7. The molecule has 1 atom stereocenters. The summed E-state index contributed by atoms with van der Waals surface area (Å²) in [5, 5.41) is 12.3. The molecule has 0 spiro atoms. The van der Waals surface area contributed by atoms with Crippen LogP contribution in [0.5, 0.6) is 0 Å². The van der Waals surface area contributed by atoms with Crippen LogP contribution in [-0.2, 0) is 10.0 Å². The van der Waals surface area contributed by atoms with Crippen molar-refractivity contribution in [3.63, 3.8) is 0 Å². The molecule has 0 aliphatic heterocycles. The number of ketones is 1. The molecule has 0 radical (unpaired) electrons. The summed E-state index contributed by atoms with van der Waals surface area (Å²) < 4.78 is 26.8. The number of rotatable bonds is 7. The fourth-order valence-electron chi connectivity index (χ4n) is 3.18. The van der Waals surface area contributed by atoms with E-state index >= 15 is 0 Å². The van der Waals surface area contributed by atoms with E-state index in [1.165, 1.54) is 31.0 Å². The number of sulfonamides is 1. The van der Waals surface area contributed by atoms with Crippen LogP contribution < -0.4 is 4.72 Å². The van der Waals surface area contributed by atoms with Crippen molar-refractivity contribution in [3.8, 4) is 0 Å². The van der Waals surface area contributed by atoms with Crippen LogP contribution in [0, 0.1) is 0 Å². The molecule has 1 heterocycles. The van der Waals surface area contributed by atoms with Gasteiger partial charge in [0.15, 0.2) is 5.78 Å². The van der Waals surface area contributed by atoms with Gasteiger partial charge in [-0.05, 0) is 54.5 Å². The normalized spacial score (nSPS) is 16.8. The summed E-state index contributed by atoms with van der Waals surface area (Å²) in [5.41, 5.74) is 0.946. The molecule has 0 amide bonds. The van der Waals surface area contributed by atoms with Crippen LogP contribution in [0.2, 0.25) is 0 Å². The summed E-state index contributed by atoms with van der Waals surface area (Å²) >= 11 is 1.35. The Hall–Kier alpha value is -1.94. The standard InChI is InChI=1S/C17H23N5O3S2/c1-12(16(23)13-8-10-14(11-9-13)19-27(2,24)25)26-17-18-20-21-22(17)15-6-4-3-5-7-15/h8-12,15,19H,3-7H2,1-2H3. The van der Waals surface area contributed by atoms with Crippen LogP contribution in [0.4, 0.5) is 5.69 Å². The summed E-state index contributed by atoms with van der Waals surface area (Å²) in [7, 11) is -3.34. The second kappa shape index (κ2) is 8.39. The molecule has 146 valence electrons. The largest absolute Gasteiger partial charge is 0.293 e. The van der Waals surface area contributed by atoms with Crippen LogP contribution in [0.1, 0.15) is 55.4 Å². The molecule has 1 saturated carbocycles. The van der Waals surface area contributed by atoms with Crippen molar-refractivity contribution in [2.24, 2.45) is 0 Å². The molecule has 0 saturated heterocycles. The van der Waals surface area contributed by atoms with E-state index < -0.39 is 10.0 Å². The Bertz CT molecular complexity index is 890. The van der Waals surface area contributed by atoms with Gasteiger partial charge < -0.3 is 0 Å². The van der Waals surface area contributed by atoms with Gasteiger partial charge >= 0.3 is 0 Å². The number of nitrogens with zero attached hydrogens (tertiary/aromatic N) is 4. The van der Waals surface area contributed by atoms with Gasteiger partial charge in [-0.1, -0.05) is 31.0 Å². The molecule has 2 aromatic rings. The minimum Gasteiger partial charge on any atom is -0.293 e. The molecule has 0 bridgehead atoms. The lowest BCUT2D eigenvalue weighted by Crippen LogP contribution is -2.18. The summed E-state index contributed by atoms with van der Waals surface area (Å²) in [6.45, 7) is 1.83. The fourth-order valence-corrected chi connectivity index (χ4v) is 4.68. The lowest BCUT2D eigenvalue weighted by atomic mass is 9.96. The summed E-state index contributed by atoms with van der Waals surface area (Å²) in [6, 6.07) is 6.71. The minimum absolute atomic E-state index is 0.0518. The van der Waals surface area contributed by atoms with Crippen molar-refractivity contribution in [1.82, 2.24) is 20.2 Å². The highest BCUT2D eigenvalue weighted by molar-refractivity contribution is 8.00. The van der Waals surface area contributed by atoms with E-state index in [0.717, 1.165) is 19.1 Å². The number of carbonyl (C=O) groups excluding carboxylic acids is 1. The zero-order valence-corrected chi connectivity index (χ0v) is 17.0. The molecule has 8 nitrogen and oxygen atoms in total. The van der Waals surface area contributed by atoms with Gasteiger partial charge in [0.05, 0.1) is 17.5 Å². The maximum absolute atomic E-state index is 12.7. The van der Waals surface area contributed by atoms with E-state index in [2.05, 4.69) is 20.2 Å². The third-order valence-corrected chi connectivity index (χ3v) is 6.16. The number of anilines is 1. The number of aromatic nitrogens is 4. The van der Waals surface area contributed by atoms with Crippen molar-refractivity contribution < 1.29 is 13.2 Å². The average molecular weight is 410 g/mol. The highest BCUT2D eigenvalue weighted by Crippen LogP contribution is 2.32. The predicted molar refractivity (Wildman–Crippen MR) is 104 cm³/mol. The molecule has 1 aliphatic carbocycles. The number of thioether (sulfide) groups is 1. The van der Waals surface area contributed by atoms with Gasteiger partial charge in [-0.15, -0.1) is 5.10 Å². The molecule has 1 aliphatic rings. The van der Waals surface area contributed by atoms with E-state index in [-0.39, 0.29) is 11.0 Å². The molecule has 3 rings (SSSR count). The first kappa shape index (κ1) is 19.8. The molecule has 1 N–H and O–H groups in total. The highest BCUT2D eigenvalue weighted by Gasteiger charge is 2.24. The molecular weight excluding hydrogens is 386 g/mol. The Balaban J connectivity index is 1.67. The highest BCUT2D eigenvalue weighted by atomic mass is 32.2. The number of benzene rings is 1. The maximum Gasteiger partial charge on any atom is 0.229 e. The van der Waals surface area contributed by atoms with E-state index in [9.17, 15) is 13.2 Å². The molecule has 27 heavy (non-hydrogen) atoms. The molecule has 1 aromatic carbocycles. The van der Waals surface area contributed by atoms with Gasteiger partial charge in [0.1, 0.15) is 0 Å². The molecule has 1 unspecified atom stereocenters. The van der Waals surface area contributed by atoms with Crippen LogP contribution in [0.3, 0.4) is 0 Å². The Morgan fingerprint density at radius 2 is 1.89 bits per heavy atom. The van der Waals surface area contributed by atoms with E-state index in [1.807, 2.05) is 11.6 Å². The lowest BCUT2D eigenvalue weighted by molar-refractivity contribution is 0.0993. The molecule has 1 aromatic heterocycles. The second-order valence-electron chi connectivity index (χ2n) is 6.77. The predicted octanol–water partition coefficient (Wildman–Crippen LogP) is 2.91. The van der Waals surface area contributed by atoms with Crippen molar-refractivity contribution in [2.45, 2.75) is 55.5 Å². The number of Topliss-reactive ketones (excluding diaryl/α,β-unsaturated/α-hetero) is 1. The van der Waals surface area contributed by atoms with Crippen molar-refractivity contribution in [3.05, 3.63) is 29.8 Å². The number of tetrazole rings is 1. The Morgan fingerprint density at radius 1 is 1.22 bits per heavy atom. The number of carbonyl (C=O) groups is 1. The molecule has 10 heteroatoms. The van der Waals surface area contributed by atoms with Crippen LogP contribution in [-0.4, -0.2) is 45.9 Å². The summed E-state index contributed by atoms with van der Waals surface area (Å²) in [4.78, 5) is 12.7. The smallest absolute Gasteiger partial charge is 0.229 e. The van der Waals surface area contributed by atoms with Crippen LogP contribution in [0.15, 0.2) is 29.4 Å². The summed E-state index contributed by atoms with van der Waals surface area (Å²) in [6.07, 6.45) is 6.82. The third-order valence-electron chi connectivity index (χ3n) is 4.51. The number of nitrogens with one attached hydrogen (secondary N) is 1. The van der Waals surface area contributed by atoms with Gasteiger partial charge in [-0.3, -0.25) is 9.52 Å². The fraction of sp³-hybridized carbons (Fsp3) is 0.529. The molecule has 1 fully saturated rings. The van der Waals surface area contributed by atoms with Gasteiger partial charge in [-0.2, -0.15) is 0 Å². The SMILES string of the molecule is CC(Sc1nnnn1C1CCCCC1)C(=O)c1ccc(NS(C)(=O)=O)cc1. The van der Waals surface area contributed by atoms with Crippen LogP contribution in [0.25, 0.3) is 0 Å². The topological polar surface area (TPSA) is 107 Å². The second-order valence-corrected chi connectivity index (χ2v) is 9.83. The zero-order chi connectivity index (χ0) is 19.4. The van der Waals surface area contributed by atoms with Gasteiger partial charge in [0, 0.05) is 11.3 Å². The van der Waals surface area contributed by atoms with Crippen LogP contribution >= 0.6 is 11.8 Å². The van der Waals surface area contributed by atoms with Crippen molar-refractivity contribution in [1.29, 1.82) is 0 Å². The van der Waals surface area contributed by atoms with Gasteiger partial charge in [0.25, 0.3) is 0 Å². The number of hydrogen-bond donors (Lipinski definition) is 1. The van der Waals surface area contributed by atoms with Gasteiger partial charge in [0.2, 0.25) is 15.2 Å². The zero-order valence-electron chi connectivity index (χ0n) is 15.3. The first-order valence-corrected chi connectivity index (χ1v) is 11.7. The third kappa shape index (κ3) is 5.29. The Labute approximate surface area is 163 Å². The quantitative estimate of drug-likeness (QED) is 0.553. The monoisotopic (exact) mass is 409 g/mol. The first-order valence-electron chi connectivity index (χ1n) is 8.90. The van der Waals surface area contributed by atoms with Crippen molar-refractivity contribution in [2.75, 3.05) is 11.0 Å². The average Bonchev–Trinajstić information content (AvgIpc) is 3.09. The Morgan fingerprint density at radius 3 is 2.52 bits per heavy atom. The minimum atomic E-state index is -3.34. The van der Waals surface area contributed by atoms with E-state index in [1.54, 1.807) is 24.3 Å². The van der Waals surface area contributed by atoms with E-state index in [0.29, 0.717) is 22.4 Å².